The lowest BCUT2D eigenvalue weighted by molar-refractivity contribution is 0.0982. The number of nitrogens with zero attached hydrogens (tertiary/aromatic N) is 1. The summed E-state index contributed by atoms with van der Waals surface area (Å²) in [5, 5.41) is 0. The van der Waals surface area contributed by atoms with Gasteiger partial charge in [-0.2, -0.15) is 0 Å². The number of nitrogens with one attached hydrogen (secondary N) is 1. The lowest BCUT2D eigenvalue weighted by Crippen LogP contribution is -2.48. The minimum atomic E-state index is -2.65. The molecular formula is C30H38N2O3S. The monoisotopic (exact) mass is 506 g/mol. The molecular weight excluding hydrogens is 468 g/mol. The molecule has 6 rings (SSSR count). The molecule has 4 aliphatic rings. The highest BCUT2D eigenvalue weighted by atomic mass is 32.2. The van der Waals surface area contributed by atoms with Gasteiger partial charge >= 0.3 is 0 Å². The molecule has 192 valence electrons. The molecule has 0 saturated heterocycles. The Balaban J connectivity index is 1.40. The topological polar surface area (TPSA) is 58.6 Å². The van der Waals surface area contributed by atoms with Gasteiger partial charge in [-0.25, -0.2) is 4.21 Å². The number of ether oxygens (including phenoxy) is 1. The molecule has 2 aliphatic carbocycles. The minimum Gasteiger partial charge on any atom is -0.490 e. The number of anilines is 1. The van der Waals surface area contributed by atoms with Crippen molar-refractivity contribution in [1.82, 2.24) is 4.72 Å². The first kappa shape index (κ1) is 23.9. The van der Waals surface area contributed by atoms with Crippen LogP contribution in [0.25, 0.3) is 0 Å². The van der Waals surface area contributed by atoms with Crippen LogP contribution in [-0.4, -0.2) is 41.4 Å². The Bertz CT molecular complexity index is 1260. The molecule has 1 amide bonds. The van der Waals surface area contributed by atoms with Crippen molar-refractivity contribution in [2.24, 2.45) is 11.8 Å². The molecule has 0 aromatic heterocycles. The summed E-state index contributed by atoms with van der Waals surface area (Å²) in [6.45, 7) is 2.55. The van der Waals surface area contributed by atoms with E-state index >= 15 is 0 Å². The van der Waals surface area contributed by atoms with Crippen molar-refractivity contribution in [3.05, 3.63) is 59.2 Å². The molecule has 1 N–H and O–H groups in total. The Morgan fingerprint density at radius 2 is 1.89 bits per heavy atom. The van der Waals surface area contributed by atoms with E-state index in [0.29, 0.717) is 23.8 Å². The molecule has 1 spiro atoms. The second-order valence-electron chi connectivity index (χ2n) is 11.5. The van der Waals surface area contributed by atoms with E-state index in [1.54, 1.807) is 6.07 Å². The number of hydrogen-bond acceptors (Lipinski definition) is 4. The van der Waals surface area contributed by atoms with E-state index in [9.17, 15) is 9.00 Å². The fraction of sp³-hybridized carbons (Fsp3) is 0.533. The van der Waals surface area contributed by atoms with Gasteiger partial charge < -0.3 is 9.64 Å². The third-order valence-corrected chi connectivity index (χ3v) is 10.6. The predicted octanol–water partition coefficient (Wildman–Crippen LogP) is 5.12. The number of carbonyl (C=O) groups excluding carboxylic acids is 1. The van der Waals surface area contributed by atoms with Gasteiger partial charge in [0.05, 0.1) is 12.3 Å². The number of benzene rings is 2. The molecule has 4 atom stereocenters. The maximum atomic E-state index is 13.1. The molecule has 2 aromatic carbocycles. The molecule has 2 bridgehead atoms. The molecule has 1 fully saturated rings. The summed E-state index contributed by atoms with van der Waals surface area (Å²) in [6, 6.07) is 14.6. The number of carbonyl (C=O) groups is 1. The van der Waals surface area contributed by atoms with Crippen molar-refractivity contribution in [3.63, 3.8) is 0 Å². The number of hydrogen-bond donors (Lipinski definition) is 1. The summed E-state index contributed by atoms with van der Waals surface area (Å²) in [5.74, 6) is 6.27. The molecule has 6 heteroatoms. The third-order valence-electron chi connectivity index (χ3n) is 9.11. The van der Waals surface area contributed by atoms with Gasteiger partial charge in [0, 0.05) is 39.5 Å². The highest BCUT2D eigenvalue weighted by Gasteiger charge is 2.43. The van der Waals surface area contributed by atoms with Crippen LogP contribution in [0.2, 0.25) is 0 Å². The Morgan fingerprint density at radius 1 is 1.03 bits per heavy atom. The summed E-state index contributed by atoms with van der Waals surface area (Å²) in [4.78, 5) is 15.7. The van der Waals surface area contributed by atoms with E-state index in [2.05, 4.69) is 39.8 Å². The zero-order chi connectivity index (χ0) is 24.8. The van der Waals surface area contributed by atoms with E-state index in [4.69, 9.17) is 4.74 Å². The number of aryl methyl sites for hydroxylation is 1. The van der Waals surface area contributed by atoms with Crippen LogP contribution in [0.4, 0.5) is 5.69 Å². The van der Waals surface area contributed by atoms with Crippen LogP contribution in [0, 0.1) is 11.8 Å². The smallest absolute Gasteiger partial charge is 0.262 e. The highest BCUT2D eigenvalue weighted by Crippen LogP contribution is 2.46. The third kappa shape index (κ3) is 4.53. The number of fused-ring (bicyclic) bond motifs is 4. The second kappa shape index (κ2) is 9.44. The van der Waals surface area contributed by atoms with Crippen molar-refractivity contribution in [2.45, 2.75) is 63.2 Å². The van der Waals surface area contributed by atoms with Crippen LogP contribution in [0.15, 0.2) is 42.5 Å². The van der Waals surface area contributed by atoms with Gasteiger partial charge in [-0.05, 0) is 85.6 Å². The summed E-state index contributed by atoms with van der Waals surface area (Å²) in [7, 11) is -2.65. The van der Waals surface area contributed by atoms with Gasteiger partial charge in [-0.1, -0.05) is 43.5 Å². The molecule has 2 aliphatic heterocycles. The van der Waals surface area contributed by atoms with Gasteiger partial charge in [0.2, 0.25) is 0 Å². The summed E-state index contributed by atoms with van der Waals surface area (Å²) in [5.41, 5.74) is 4.35. The zero-order valence-electron chi connectivity index (χ0n) is 21.2. The average Bonchev–Trinajstić information content (AvgIpc) is 3.00. The van der Waals surface area contributed by atoms with Crippen molar-refractivity contribution in [1.29, 1.82) is 0 Å². The van der Waals surface area contributed by atoms with E-state index in [-0.39, 0.29) is 11.3 Å². The lowest BCUT2D eigenvalue weighted by atomic mass is 9.68. The quantitative estimate of drug-likeness (QED) is 0.504. The van der Waals surface area contributed by atoms with Crippen LogP contribution >= 0.6 is 0 Å². The average molecular weight is 507 g/mol. The van der Waals surface area contributed by atoms with Crippen molar-refractivity contribution < 1.29 is 13.7 Å². The first-order valence-corrected chi connectivity index (χ1v) is 15.6. The van der Waals surface area contributed by atoms with Gasteiger partial charge in [-0.15, -0.1) is 0 Å². The van der Waals surface area contributed by atoms with E-state index < -0.39 is 9.71 Å². The minimum absolute atomic E-state index is 0.0555. The Kier molecular flexibility index (Phi) is 6.27. The molecule has 1 unspecified atom stereocenters. The highest BCUT2D eigenvalue weighted by molar-refractivity contribution is 7.99. The maximum Gasteiger partial charge on any atom is 0.262 e. The van der Waals surface area contributed by atoms with Gasteiger partial charge in [0.15, 0.2) is 0 Å². The fourth-order valence-electron chi connectivity index (χ4n) is 6.96. The first-order chi connectivity index (χ1) is 17.4. The predicted molar refractivity (Wildman–Crippen MR) is 147 cm³/mol. The van der Waals surface area contributed by atoms with Crippen molar-refractivity contribution in [3.8, 4) is 5.75 Å². The van der Waals surface area contributed by atoms with Crippen LogP contribution in [-0.2, 0) is 21.5 Å². The zero-order valence-corrected chi connectivity index (χ0v) is 22.0. The van der Waals surface area contributed by atoms with Crippen LogP contribution in [0.1, 0.15) is 72.9 Å². The van der Waals surface area contributed by atoms with E-state index in [0.717, 1.165) is 62.5 Å². The Labute approximate surface area is 215 Å². The van der Waals surface area contributed by atoms with E-state index in [1.165, 1.54) is 36.8 Å². The molecule has 2 aromatic rings. The van der Waals surface area contributed by atoms with Crippen LogP contribution in [0.5, 0.6) is 5.75 Å². The van der Waals surface area contributed by atoms with Gasteiger partial charge in [-0.3, -0.25) is 9.52 Å². The standard InChI is InChI=1S/C30H38N2O3S/c1-36(34)17-6-2-3-8-22-12-13-25(22)19-32-20-30(16-7-10-23-9-4-5-11-26(23)30)21-35-28-15-14-24(18-27(28)32)29(33)31-36/h4-5,9,11,14-15,18,22,25H,1-3,6-8,10,12-13,16-17,19-21H2,(H,31,33,34)/t22-,25+,30+,36?/m1/s1. The van der Waals surface area contributed by atoms with Crippen LogP contribution < -0.4 is 14.4 Å². The van der Waals surface area contributed by atoms with Gasteiger partial charge in [0.25, 0.3) is 5.91 Å². The number of rotatable bonds is 0. The Morgan fingerprint density at radius 3 is 2.75 bits per heavy atom. The first-order valence-electron chi connectivity index (χ1n) is 13.7. The summed E-state index contributed by atoms with van der Waals surface area (Å²) < 4.78 is 22.3. The number of amides is 1. The molecule has 36 heavy (non-hydrogen) atoms. The van der Waals surface area contributed by atoms with Crippen molar-refractivity contribution >= 4 is 27.2 Å². The molecule has 5 nitrogen and oxygen atoms in total. The summed E-state index contributed by atoms with van der Waals surface area (Å²) >= 11 is 0. The maximum absolute atomic E-state index is 13.1. The van der Waals surface area contributed by atoms with Gasteiger partial charge in [0.1, 0.15) is 5.75 Å². The second-order valence-corrected chi connectivity index (χ2v) is 13.8. The molecule has 1 saturated carbocycles. The fourth-order valence-corrected chi connectivity index (χ4v) is 8.19. The largest absolute Gasteiger partial charge is 0.490 e. The van der Waals surface area contributed by atoms with Crippen molar-refractivity contribution in [2.75, 3.05) is 30.3 Å². The molecule has 0 radical (unpaired) electrons. The SMILES string of the molecule is C=S1(=O)CCCCC[C@@H]2CC[C@H]2CN2C[C@@]3(CCCc4ccccc43)COc3ccc(cc32)C(=O)N1. The summed E-state index contributed by atoms with van der Waals surface area (Å²) in [6.07, 6.45) is 10.3. The normalized spacial score (nSPS) is 32.4. The van der Waals surface area contributed by atoms with E-state index in [1.807, 2.05) is 12.1 Å². The molecule has 2 heterocycles. The Hall–Kier alpha value is -2.47. The van der Waals surface area contributed by atoms with Crippen LogP contribution in [0.3, 0.4) is 0 Å². The lowest BCUT2D eigenvalue weighted by Gasteiger charge is -2.44.